The number of hydrogen-bond donors (Lipinski definition) is 2. The molecule has 1 aromatic rings. The van der Waals surface area contributed by atoms with Gasteiger partial charge in [-0.1, -0.05) is 30.3 Å². The molecule has 4 nitrogen and oxygen atoms in total. The zero-order chi connectivity index (χ0) is 10.9. The number of β-lactam (4-membered cyclic amide) rings is 1. The summed E-state index contributed by atoms with van der Waals surface area (Å²) < 4.78 is 0. The SMILES string of the molecule is O=C1N(Cc2ccccc2)CC1(O)CO. The standard InChI is InChI=1S/C11H13NO3/c13-8-11(15)7-12(10(11)14)6-9-4-2-1-3-5-9/h1-5,13,15H,6-8H2. The van der Waals surface area contributed by atoms with Gasteiger partial charge in [-0.05, 0) is 5.56 Å². The Balaban J connectivity index is 1.98. The molecule has 0 radical (unpaired) electrons. The van der Waals surface area contributed by atoms with Crippen LogP contribution in [0.5, 0.6) is 0 Å². The number of amides is 1. The molecule has 0 aromatic heterocycles. The first-order chi connectivity index (χ1) is 7.15. The monoisotopic (exact) mass is 207 g/mol. The van der Waals surface area contributed by atoms with Gasteiger partial charge < -0.3 is 15.1 Å². The van der Waals surface area contributed by atoms with Crippen LogP contribution in [0.2, 0.25) is 0 Å². The van der Waals surface area contributed by atoms with E-state index in [1.165, 1.54) is 4.90 Å². The number of nitrogens with zero attached hydrogens (tertiary/aromatic N) is 1. The summed E-state index contributed by atoms with van der Waals surface area (Å²) in [6.45, 7) is 0.191. The van der Waals surface area contributed by atoms with Crippen molar-refractivity contribution in [2.75, 3.05) is 13.2 Å². The summed E-state index contributed by atoms with van der Waals surface area (Å²) in [6.07, 6.45) is 0. The number of benzene rings is 1. The third kappa shape index (κ3) is 1.73. The molecule has 80 valence electrons. The molecule has 1 aliphatic rings. The van der Waals surface area contributed by atoms with E-state index in [9.17, 15) is 9.90 Å². The lowest BCUT2D eigenvalue weighted by Gasteiger charge is -2.44. The molecule has 1 fully saturated rings. The Morgan fingerprint density at radius 2 is 2.00 bits per heavy atom. The lowest BCUT2D eigenvalue weighted by Crippen LogP contribution is -2.68. The van der Waals surface area contributed by atoms with Crippen LogP contribution in [0.25, 0.3) is 0 Å². The minimum Gasteiger partial charge on any atom is -0.393 e. The minimum atomic E-state index is -1.53. The molecule has 1 aromatic carbocycles. The zero-order valence-electron chi connectivity index (χ0n) is 8.26. The van der Waals surface area contributed by atoms with E-state index >= 15 is 0 Å². The van der Waals surface area contributed by atoms with Crippen molar-refractivity contribution in [2.24, 2.45) is 0 Å². The summed E-state index contributed by atoms with van der Waals surface area (Å²) in [5.74, 6) is -0.395. The maximum Gasteiger partial charge on any atom is 0.259 e. The largest absolute Gasteiger partial charge is 0.393 e. The Bertz CT molecular complexity index is 365. The van der Waals surface area contributed by atoms with Crippen LogP contribution in [0.1, 0.15) is 5.56 Å². The van der Waals surface area contributed by atoms with E-state index in [2.05, 4.69) is 0 Å². The average Bonchev–Trinajstić information content (AvgIpc) is 2.29. The number of hydrogen-bond acceptors (Lipinski definition) is 3. The second-order valence-corrected chi connectivity index (χ2v) is 3.84. The van der Waals surface area contributed by atoms with Gasteiger partial charge in [-0.15, -0.1) is 0 Å². The zero-order valence-corrected chi connectivity index (χ0v) is 8.26. The molecule has 1 heterocycles. The number of aliphatic hydroxyl groups excluding tert-OH is 1. The molecule has 2 rings (SSSR count). The second-order valence-electron chi connectivity index (χ2n) is 3.84. The third-order valence-electron chi connectivity index (χ3n) is 2.62. The first-order valence-corrected chi connectivity index (χ1v) is 4.82. The maximum absolute atomic E-state index is 11.4. The third-order valence-corrected chi connectivity index (χ3v) is 2.62. The number of carbonyl (C=O) groups excluding carboxylic acids is 1. The fraction of sp³-hybridized carbons (Fsp3) is 0.364. The Labute approximate surface area is 87.8 Å². The van der Waals surface area contributed by atoms with Crippen LogP contribution in [0.4, 0.5) is 0 Å². The van der Waals surface area contributed by atoms with Gasteiger partial charge >= 0.3 is 0 Å². The van der Waals surface area contributed by atoms with E-state index in [-0.39, 0.29) is 6.54 Å². The van der Waals surface area contributed by atoms with Gasteiger partial charge in [0.05, 0.1) is 13.2 Å². The first kappa shape index (κ1) is 10.1. The molecule has 0 saturated carbocycles. The number of carbonyl (C=O) groups is 1. The highest BCUT2D eigenvalue weighted by Gasteiger charge is 2.50. The Morgan fingerprint density at radius 3 is 2.53 bits per heavy atom. The van der Waals surface area contributed by atoms with Crippen LogP contribution in [0, 0.1) is 0 Å². The van der Waals surface area contributed by atoms with E-state index in [0.29, 0.717) is 6.54 Å². The summed E-state index contributed by atoms with van der Waals surface area (Å²) in [5, 5.41) is 18.3. The quantitative estimate of drug-likeness (QED) is 0.672. The molecule has 2 N–H and O–H groups in total. The van der Waals surface area contributed by atoms with Crippen molar-refractivity contribution in [3.8, 4) is 0 Å². The molecule has 0 spiro atoms. The van der Waals surface area contributed by atoms with Crippen molar-refractivity contribution < 1.29 is 15.0 Å². The number of aliphatic hydroxyl groups is 2. The molecule has 1 saturated heterocycles. The second kappa shape index (κ2) is 3.64. The first-order valence-electron chi connectivity index (χ1n) is 4.82. The van der Waals surface area contributed by atoms with Gasteiger partial charge in [0.25, 0.3) is 5.91 Å². The highest BCUT2D eigenvalue weighted by atomic mass is 16.4. The highest BCUT2D eigenvalue weighted by molar-refractivity contribution is 5.91. The van der Waals surface area contributed by atoms with Crippen molar-refractivity contribution in [2.45, 2.75) is 12.1 Å². The van der Waals surface area contributed by atoms with E-state index in [1.54, 1.807) is 0 Å². The van der Waals surface area contributed by atoms with Crippen molar-refractivity contribution in [3.63, 3.8) is 0 Å². The van der Waals surface area contributed by atoms with Crippen LogP contribution in [-0.2, 0) is 11.3 Å². The molecule has 0 aliphatic carbocycles. The summed E-state index contributed by atoms with van der Waals surface area (Å²) in [4.78, 5) is 13.0. The van der Waals surface area contributed by atoms with E-state index in [0.717, 1.165) is 5.56 Å². The topological polar surface area (TPSA) is 60.8 Å². The summed E-state index contributed by atoms with van der Waals surface area (Å²) in [7, 11) is 0. The number of β-amino-alcohol motifs (C(OH)–C–C–N with tert-alkyl or cyclic N) is 1. The van der Waals surface area contributed by atoms with E-state index in [1.807, 2.05) is 30.3 Å². The molecule has 1 unspecified atom stereocenters. The van der Waals surface area contributed by atoms with Crippen molar-refractivity contribution in [1.82, 2.24) is 4.90 Å². The predicted molar refractivity (Wildman–Crippen MR) is 53.9 cm³/mol. The van der Waals surface area contributed by atoms with Gasteiger partial charge in [-0.2, -0.15) is 0 Å². The van der Waals surface area contributed by atoms with Gasteiger partial charge in [-0.25, -0.2) is 0 Å². The fourth-order valence-electron chi connectivity index (χ4n) is 1.71. The van der Waals surface area contributed by atoms with Crippen molar-refractivity contribution >= 4 is 5.91 Å². The highest BCUT2D eigenvalue weighted by Crippen LogP contribution is 2.24. The Kier molecular flexibility index (Phi) is 2.46. The van der Waals surface area contributed by atoms with Crippen molar-refractivity contribution in [3.05, 3.63) is 35.9 Å². The molecule has 15 heavy (non-hydrogen) atoms. The molecule has 4 heteroatoms. The normalized spacial score (nSPS) is 25.2. The Morgan fingerprint density at radius 1 is 1.33 bits per heavy atom. The summed E-state index contributed by atoms with van der Waals surface area (Å²) >= 11 is 0. The van der Waals surface area contributed by atoms with E-state index < -0.39 is 18.1 Å². The van der Waals surface area contributed by atoms with Gasteiger partial charge in [0.2, 0.25) is 0 Å². The van der Waals surface area contributed by atoms with Gasteiger partial charge in [-0.3, -0.25) is 4.79 Å². The summed E-state index contributed by atoms with van der Waals surface area (Å²) in [6, 6.07) is 9.55. The van der Waals surface area contributed by atoms with Crippen LogP contribution in [0.15, 0.2) is 30.3 Å². The summed E-state index contributed by atoms with van der Waals surface area (Å²) in [5.41, 5.74) is -0.514. The lowest BCUT2D eigenvalue weighted by atomic mass is 9.93. The fourth-order valence-corrected chi connectivity index (χ4v) is 1.71. The number of rotatable bonds is 3. The molecular weight excluding hydrogens is 194 g/mol. The van der Waals surface area contributed by atoms with Crippen LogP contribution in [-0.4, -0.2) is 39.8 Å². The van der Waals surface area contributed by atoms with Crippen LogP contribution < -0.4 is 0 Å². The van der Waals surface area contributed by atoms with Crippen molar-refractivity contribution in [1.29, 1.82) is 0 Å². The smallest absolute Gasteiger partial charge is 0.259 e. The van der Waals surface area contributed by atoms with E-state index in [4.69, 9.17) is 5.11 Å². The average molecular weight is 207 g/mol. The van der Waals surface area contributed by atoms with Gasteiger partial charge in [0, 0.05) is 6.54 Å². The lowest BCUT2D eigenvalue weighted by molar-refractivity contribution is -0.182. The van der Waals surface area contributed by atoms with Gasteiger partial charge in [0.1, 0.15) is 0 Å². The molecule has 1 atom stereocenters. The molecule has 1 aliphatic heterocycles. The number of likely N-dealkylation sites (tertiary alicyclic amines) is 1. The van der Waals surface area contributed by atoms with Gasteiger partial charge in [0.15, 0.2) is 5.60 Å². The van der Waals surface area contributed by atoms with Crippen LogP contribution in [0.3, 0.4) is 0 Å². The maximum atomic E-state index is 11.4. The predicted octanol–water partition coefficient (Wildman–Crippen LogP) is -0.248. The molecule has 0 bridgehead atoms. The van der Waals surface area contributed by atoms with Crippen LogP contribution >= 0.6 is 0 Å². The Hall–Kier alpha value is -1.39. The molecule has 1 amide bonds. The minimum absolute atomic E-state index is 0.206. The molecular formula is C11H13NO3.